The molecule has 7 rings (SSSR count). The molecule has 1 aromatic heterocycles. The quantitative estimate of drug-likeness (QED) is 0.276. The van der Waals surface area contributed by atoms with Crippen molar-refractivity contribution in [2.45, 2.75) is 51.1 Å². The summed E-state index contributed by atoms with van der Waals surface area (Å²) in [6.45, 7) is 24.5. The summed E-state index contributed by atoms with van der Waals surface area (Å²) in [6, 6.07) is 13.8. The molecule has 0 bridgehead atoms. The molecular weight excluding hydrogens is 580 g/mol. The third-order valence-electron chi connectivity index (χ3n) is 11.1. The van der Waals surface area contributed by atoms with Crippen LogP contribution >= 0.6 is 0 Å². The highest BCUT2D eigenvalue weighted by Crippen LogP contribution is 2.37. The second-order valence-electron chi connectivity index (χ2n) is 14.2. The van der Waals surface area contributed by atoms with E-state index in [0.29, 0.717) is 5.92 Å². The van der Waals surface area contributed by atoms with Crippen molar-refractivity contribution >= 4 is 22.7 Å². The van der Waals surface area contributed by atoms with Crippen molar-refractivity contribution < 1.29 is 0 Å². The molecule has 1 atom stereocenters. The number of allylic oxidation sites excluding steroid dienone is 1. The maximum atomic E-state index is 4.73. The molecule has 0 amide bonds. The molecule has 2 aromatic carbocycles. The Morgan fingerprint density at radius 2 is 1.70 bits per heavy atom. The standard InChI is InChI=1S/C39H52N8/c1-27-22-31(23-34-26-40-43-39(27)34)24-38(29(3)45-18-20-47(21-19-45)35-12-14-44(5)15-13-35)42-30(4)46-16-10-32(11-17-46)36-25-33-8-6-7-9-37(33)41-28(36)2/h6-9,22-23,25-26,32,35,38,41-42H,2-4,10-21,24H2,1,5H3,(H,40,43)/t38-/m1/s1. The summed E-state index contributed by atoms with van der Waals surface area (Å²) in [6.07, 6.45) is 9.84. The molecule has 0 unspecified atom stereocenters. The summed E-state index contributed by atoms with van der Waals surface area (Å²) >= 11 is 0. The highest BCUT2D eigenvalue weighted by molar-refractivity contribution is 5.82. The molecule has 5 heterocycles. The third kappa shape index (κ3) is 6.85. The number of benzene rings is 2. The molecule has 8 heteroatoms. The van der Waals surface area contributed by atoms with Crippen molar-refractivity contribution in [2.75, 3.05) is 64.7 Å². The normalized spacial score (nSPS) is 20.9. The number of anilines is 1. The number of aromatic amines is 1. The number of H-pyrrole nitrogens is 1. The van der Waals surface area contributed by atoms with E-state index in [0.717, 1.165) is 92.7 Å². The number of aromatic nitrogens is 2. The van der Waals surface area contributed by atoms with Gasteiger partial charge in [0.05, 0.1) is 23.6 Å². The van der Waals surface area contributed by atoms with Crippen LogP contribution in [-0.2, 0) is 6.42 Å². The average Bonchev–Trinajstić information content (AvgIpc) is 3.57. The second-order valence-corrected chi connectivity index (χ2v) is 14.2. The topological polar surface area (TPSA) is 65.7 Å². The lowest BCUT2D eigenvalue weighted by Crippen LogP contribution is -2.54. The first-order valence-corrected chi connectivity index (χ1v) is 17.6. The van der Waals surface area contributed by atoms with Crippen molar-refractivity contribution in [2.24, 2.45) is 5.92 Å². The van der Waals surface area contributed by atoms with Gasteiger partial charge >= 0.3 is 0 Å². The number of fused-ring (bicyclic) bond motifs is 2. The van der Waals surface area contributed by atoms with Gasteiger partial charge in [-0.05, 0) is 106 Å². The largest absolute Gasteiger partial charge is 0.371 e. The van der Waals surface area contributed by atoms with E-state index in [9.17, 15) is 0 Å². The van der Waals surface area contributed by atoms with Gasteiger partial charge in [0.1, 0.15) is 0 Å². The van der Waals surface area contributed by atoms with E-state index in [1.54, 1.807) is 0 Å². The Balaban J connectivity index is 1.02. The molecule has 47 heavy (non-hydrogen) atoms. The van der Waals surface area contributed by atoms with E-state index >= 15 is 0 Å². The summed E-state index contributed by atoms with van der Waals surface area (Å²) in [5.74, 6) is 1.49. The zero-order valence-corrected chi connectivity index (χ0v) is 28.4. The molecule has 4 aliphatic rings. The zero-order chi connectivity index (χ0) is 32.5. The van der Waals surface area contributed by atoms with Crippen LogP contribution in [0.15, 0.2) is 85.1 Å². The predicted molar refractivity (Wildman–Crippen MR) is 195 cm³/mol. The summed E-state index contributed by atoms with van der Waals surface area (Å²) in [4.78, 5) is 10.1. The van der Waals surface area contributed by atoms with Crippen LogP contribution in [0.4, 0.5) is 5.69 Å². The molecular formula is C39H52N8. The monoisotopic (exact) mass is 632 g/mol. The molecule has 3 fully saturated rings. The Labute approximate surface area is 280 Å². The molecule has 0 spiro atoms. The highest BCUT2D eigenvalue weighted by Gasteiger charge is 2.31. The van der Waals surface area contributed by atoms with Crippen LogP contribution in [0.5, 0.6) is 0 Å². The number of rotatable bonds is 9. The Kier molecular flexibility index (Phi) is 9.15. The van der Waals surface area contributed by atoms with Crippen molar-refractivity contribution in [3.8, 4) is 0 Å². The van der Waals surface area contributed by atoms with Crippen LogP contribution in [-0.4, -0.2) is 101 Å². The maximum Gasteiger partial charge on any atom is 0.0944 e. The van der Waals surface area contributed by atoms with Gasteiger partial charge in [-0.2, -0.15) is 5.10 Å². The Bertz CT molecular complexity index is 1640. The number of likely N-dealkylation sites (tertiary alicyclic amines) is 2. The fourth-order valence-electron chi connectivity index (χ4n) is 8.22. The molecule has 3 saturated heterocycles. The number of piperidine rings is 2. The molecule has 4 aliphatic heterocycles. The fourth-order valence-corrected chi connectivity index (χ4v) is 8.22. The minimum Gasteiger partial charge on any atom is -0.371 e. The SMILES string of the molecule is C=C1Nc2ccccc2C=C1C1CCN(C(=C)N[C@H](Cc2cc(C)c3[nH]ncc3c2)C(=C)N2CCN(C3CCN(C)CC3)CC2)CC1. The molecule has 3 aromatic rings. The maximum absolute atomic E-state index is 4.73. The van der Waals surface area contributed by atoms with E-state index in [2.05, 4.69) is 110 Å². The lowest BCUT2D eigenvalue weighted by atomic mass is 9.84. The third-order valence-corrected chi connectivity index (χ3v) is 11.1. The first-order chi connectivity index (χ1) is 22.8. The van der Waals surface area contributed by atoms with Gasteiger partial charge in [0.25, 0.3) is 0 Å². The number of aryl methyl sites for hydroxylation is 1. The van der Waals surface area contributed by atoms with Crippen LogP contribution in [0.3, 0.4) is 0 Å². The van der Waals surface area contributed by atoms with Gasteiger partial charge in [0.15, 0.2) is 0 Å². The lowest BCUT2D eigenvalue weighted by Gasteiger charge is -2.45. The van der Waals surface area contributed by atoms with Crippen LogP contribution in [0, 0.1) is 12.8 Å². The van der Waals surface area contributed by atoms with E-state index in [1.807, 2.05) is 6.20 Å². The molecule has 0 saturated carbocycles. The summed E-state index contributed by atoms with van der Waals surface area (Å²) in [5.41, 5.74) is 9.58. The van der Waals surface area contributed by atoms with Gasteiger partial charge in [-0.25, -0.2) is 0 Å². The first-order valence-electron chi connectivity index (χ1n) is 17.6. The number of hydrogen-bond donors (Lipinski definition) is 3. The summed E-state index contributed by atoms with van der Waals surface area (Å²) in [7, 11) is 2.25. The van der Waals surface area contributed by atoms with Crippen molar-refractivity contribution in [3.05, 3.63) is 102 Å². The van der Waals surface area contributed by atoms with Gasteiger partial charge in [-0.15, -0.1) is 0 Å². The lowest BCUT2D eigenvalue weighted by molar-refractivity contribution is 0.0738. The van der Waals surface area contributed by atoms with Crippen LogP contribution < -0.4 is 10.6 Å². The predicted octanol–water partition coefficient (Wildman–Crippen LogP) is 5.80. The van der Waals surface area contributed by atoms with E-state index < -0.39 is 0 Å². The number of hydrogen-bond acceptors (Lipinski definition) is 7. The van der Waals surface area contributed by atoms with Crippen LogP contribution in [0.2, 0.25) is 0 Å². The number of para-hydroxylation sites is 1. The van der Waals surface area contributed by atoms with Gasteiger partial charge < -0.3 is 25.3 Å². The number of nitrogens with zero attached hydrogens (tertiary/aromatic N) is 5. The van der Waals surface area contributed by atoms with Gasteiger partial charge in [-0.3, -0.25) is 10.00 Å². The smallest absolute Gasteiger partial charge is 0.0944 e. The first kappa shape index (κ1) is 31.6. The van der Waals surface area contributed by atoms with Gasteiger partial charge in [-0.1, -0.05) is 44.0 Å². The summed E-state index contributed by atoms with van der Waals surface area (Å²) < 4.78 is 0. The number of nitrogens with one attached hydrogen (secondary N) is 3. The molecule has 0 radical (unpaired) electrons. The minimum absolute atomic E-state index is 0.0559. The minimum atomic E-state index is 0.0559. The van der Waals surface area contributed by atoms with Crippen LogP contribution in [0.25, 0.3) is 17.0 Å². The molecule has 248 valence electrons. The van der Waals surface area contributed by atoms with Crippen molar-refractivity contribution in [1.82, 2.24) is 35.1 Å². The molecule has 3 N–H and O–H groups in total. The van der Waals surface area contributed by atoms with E-state index in [1.165, 1.54) is 53.9 Å². The summed E-state index contributed by atoms with van der Waals surface area (Å²) in [5, 5.41) is 16.0. The average molecular weight is 633 g/mol. The second kappa shape index (κ2) is 13.6. The van der Waals surface area contributed by atoms with E-state index in [-0.39, 0.29) is 6.04 Å². The Morgan fingerprint density at radius 1 is 0.957 bits per heavy atom. The zero-order valence-electron chi connectivity index (χ0n) is 28.4. The fraction of sp³-hybridized carbons (Fsp3) is 0.462. The van der Waals surface area contributed by atoms with Crippen LogP contribution in [0.1, 0.15) is 42.4 Å². The van der Waals surface area contributed by atoms with Crippen molar-refractivity contribution in [1.29, 1.82) is 0 Å². The molecule has 0 aliphatic carbocycles. The van der Waals surface area contributed by atoms with Crippen molar-refractivity contribution in [3.63, 3.8) is 0 Å². The van der Waals surface area contributed by atoms with E-state index in [4.69, 9.17) is 6.58 Å². The highest BCUT2D eigenvalue weighted by atomic mass is 15.3. The Hall–Kier alpha value is -4.01. The Morgan fingerprint density at radius 3 is 2.47 bits per heavy atom. The number of piperazine rings is 1. The molecule has 8 nitrogen and oxygen atoms in total. The van der Waals surface area contributed by atoms with Gasteiger partial charge in [0, 0.05) is 67.8 Å². The van der Waals surface area contributed by atoms with Gasteiger partial charge in [0.2, 0.25) is 0 Å².